The summed E-state index contributed by atoms with van der Waals surface area (Å²) in [6.45, 7) is 9.37. The second kappa shape index (κ2) is 18.3. The summed E-state index contributed by atoms with van der Waals surface area (Å²) in [5.41, 5.74) is -0.528. The number of likely N-dealkylation sites (tertiary alicyclic amines) is 1. The number of carbonyl (C=O) groups excluding carboxylic acids is 1. The molecule has 1 saturated heterocycles. The van der Waals surface area contributed by atoms with Gasteiger partial charge in [-0.2, -0.15) is 0 Å². The van der Waals surface area contributed by atoms with Gasteiger partial charge in [-0.3, -0.25) is 0 Å². The van der Waals surface area contributed by atoms with Crippen molar-refractivity contribution in [2.24, 2.45) is 0 Å². The standard InChI is InChI=1S/C28H53NO4/c1-5-6-7-8-9-10-11-12-13-14-15-16-17-18-19-20-21-32-24-25-22-26(30)23-29(25)27(31)33-28(2,3)4/h12-13,25-26,30H,5-11,14-24H2,1-4H3/b13-12-/t25-,26+/m0/s1. The molecule has 0 aliphatic carbocycles. The van der Waals surface area contributed by atoms with E-state index < -0.39 is 11.7 Å². The van der Waals surface area contributed by atoms with Crippen LogP contribution in [0.2, 0.25) is 0 Å². The van der Waals surface area contributed by atoms with Crippen LogP contribution in [0.25, 0.3) is 0 Å². The van der Waals surface area contributed by atoms with Crippen LogP contribution in [0, 0.1) is 0 Å². The minimum absolute atomic E-state index is 0.0936. The minimum atomic E-state index is -0.528. The third-order valence-electron chi connectivity index (χ3n) is 6.13. The van der Waals surface area contributed by atoms with Crippen LogP contribution in [0.1, 0.15) is 124 Å². The van der Waals surface area contributed by atoms with Crippen molar-refractivity contribution >= 4 is 6.09 Å². The molecule has 0 saturated carbocycles. The van der Waals surface area contributed by atoms with Crippen LogP contribution < -0.4 is 0 Å². The summed E-state index contributed by atoms with van der Waals surface area (Å²) in [6.07, 6.45) is 22.6. The topological polar surface area (TPSA) is 59.0 Å². The molecule has 1 N–H and O–H groups in total. The number of hydrogen-bond acceptors (Lipinski definition) is 4. The zero-order valence-corrected chi connectivity index (χ0v) is 22.2. The summed E-state index contributed by atoms with van der Waals surface area (Å²) < 4.78 is 11.3. The van der Waals surface area contributed by atoms with Crippen molar-refractivity contribution in [3.63, 3.8) is 0 Å². The number of carbonyl (C=O) groups is 1. The fraction of sp³-hybridized carbons (Fsp3) is 0.893. The van der Waals surface area contributed by atoms with Gasteiger partial charge < -0.3 is 19.5 Å². The van der Waals surface area contributed by atoms with Gasteiger partial charge >= 0.3 is 6.09 Å². The third kappa shape index (κ3) is 16.2. The maximum Gasteiger partial charge on any atom is 0.410 e. The first-order valence-corrected chi connectivity index (χ1v) is 13.7. The van der Waals surface area contributed by atoms with Crippen molar-refractivity contribution in [1.82, 2.24) is 4.90 Å². The van der Waals surface area contributed by atoms with E-state index in [2.05, 4.69) is 19.1 Å². The maximum absolute atomic E-state index is 12.3. The van der Waals surface area contributed by atoms with E-state index in [0.717, 1.165) is 13.0 Å². The normalized spacial score (nSPS) is 19.0. The van der Waals surface area contributed by atoms with Crippen LogP contribution in [0.15, 0.2) is 12.2 Å². The molecule has 5 nitrogen and oxygen atoms in total. The highest BCUT2D eigenvalue weighted by Crippen LogP contribution is 2.22. The van der Waals surface area contributed by atoms with Gasteiger partial charge in [0.25, 0.3) is 0 Å². The molecule has 0 unspecified atom stereocenters. The highest BCUT2D eigenvalue weighted by molar-refractivity contribution is 5.69. The minimum Gasteiger partial charge on any atom is -0.444 e. The highest BCUT2D eigenvalue weighted by Gasteiger charge is 2.36. The largest absolute Gasteiger partial charge is 0.444 e. The van der Waals surface area contributed by atoms with Crippen LogP contribution in [0.3, 0.4) is 0 Å². The average Bonchev–Trinajstić information content (AvgIpc) is 3.12. The molecule has 1 heterocycles. The number of aliphatic hydroxyl groups is 1. The molecule has 194 valence electrons. The van der Waals surface area contributed by atoms with E-state index in [-0.39, 0.29) is 12.1 Å². The van der Waals surface area contributed by atoms with E-state index >= 15 is 0 Å². The number of hydrogen-bond donors (Lipinski definition) is 1. The molecule has 0 radical (unpaired) electrons. The lowest BCUT2D eigenvalue weighted by Gasteiger charge is -2.28. The van der Waals surface area contributed by atoms with Crippen LogP contribution in [0.5, 0.6) is 0 Å². The van der Waals surface area contributed by atoms with Gasteiger partial charge in [0.2, 0.25) is 0 Å². The maximum atomic E-state index is 12.3. The van der Waals surface area contributed by atoms with Crippen LogP contribution in [-0.4, -0.2) is 53.6 Å². The highest BCUT2D eigenvalue weighted by atomic mass is 16.6. The first kappa shape index (κ1) is 30.0. The second-order valence-electron chi connectivity index (χ2n) is 10.7. The van der Waals surface area contributed by atoms with Gasteiger partial charge in [-0.05, 0) is 59.3 Å². The quantitative estimate of drug-likeness (QED) is 0.168. The summed E-state index contributed by atoms with van der Waals surface area (Å²) in [6, 6.07) is -0.0936. The van der Waals surface area contributed by atoms with E-state index in [9.17, 15) is 9.90 Å². The summed E-state index contributed by atoms with van der Waals surface area (Å²) in [7, 11) is 0. The van der Waals surface area contributed by atoms with Gasteiger partial charge in [-0.25, -0.2) is 4.79 Å². The predicted octanol–water partition coefficient (Wildman–Crippen LogP) is 7.41. The zero-order valence-electron chi connectivity index (χ0n) is 22.2. The molecular formula is C28H53NO4. The van der Waals surface area contributed by atoms with Crippen molar-refractivity contribution in [3.05, 3.63) is 12.2 Å². The van der Waals surface area contributed by atoms with Gasteiger partial charge in [0, 0.05) is 6.61 Å². The number of allylic oxidation sites excluding steroid dienone is 2. The predicted molar refractivity (Wildman–Crippen MR) is 138 cm³/mol. The van der Waals surface area contributed by atoms with Gasteiger partial charge in [-0.15, -0.1) is 0 Å². The summed E-state index contributed by atoms with van der Waals surface area (Å²) in [5.74, 6) is 0. The Kier molecular flexibility index (Phi) is 16.6. The van der Waals surface area contributed by atoms with E-state index in [1.807, 2.05) is 20.8 Å². The van der Waals surface area contributed by atoms with Gasteiger partial charge in [0.15, 0.2) is 0 Å². The number of amides is 1. The summed E-state index contributed by atoms with van der Waals surface area (Å²) in [5, 5.41) is 9.96. The lowest BCUT2D eigenvalue weighted by molar-refractivity contribution is 0.00955. The Morgan fingerprint density at radius 2 is 1.45 bits per heavy atom. The fourth-order valence-electron chi connectivity index (χ4n) is 4.27. The molecule has 1 rings (SSSR count). The first-order chi connectivity index (χ1) is 15.8. The molecular weight excluding hydrogens is 414 g/mol. The van der Waals surface area contributed by atoms with Crippen LogP contribution >= 0.6 is 0 Å². The van der Waals surface area contributed by atoms with E-state index in [0.29, 0.717) is 19.6 Å². The van der Waals surface area contributed by atoms with Crippen LogP contribution in [-0.2, 0) is 9.47 Å². The Morgan fingerprint density at radius 1 is 0.909 bits per heavy atom. The molecule has 0 aromatic rings. The molecule has 33 heavy (non-hydrogen) atoms. The SMILES string of the molecule is CCCCCCCC/C=C\CCCCCCCCOC[C@@H]1C[C@@H](O)CN1C(=O)OC(C)(C)C. The number of nitrogens with zero attached hydrogens (tertiary/aromatic N) is 1. The Labute approximate surface area is 204 Å². The Bertz CT molecular complexity index is 515. The molecule has 0 aromatic heterocycles. The first-order valence-electron chi connectivity index (χ1n) is 13.7. The van der Waals surface area contributed by atoms with Crippen molar-refractivity contribution in [2.75, 3.05) is 19.8 Å². The van der Waals surface area contributed by atoms with Gasteiger partial charge in [0.1, 0.15) is 5.60 Å². The molecule has 5 heteroatoms. The summed E-state index contributed by atoms with van der Waals surface area (Å²) >= 11 is 0. The average molecular weight is 468 g/mol. The molecule has 1 fully saturated rings. The number of unbranched alkanes of at least 4 members (excludes halogenated alkanes) is 12. The molecule has 0 spiro atoms. The number of ether oxygens (including phenoxy) is 2. The van der Waals surface area contributed by atoms with Crippen molar-refractivity contribution in [2.45, 2.75) is 142 Å². The fourth-order valence-corrected chi connectivity index (χ4v) is 4.27. The van der Waals surface area contributed by atoms with Crippen molar-refractivity contribution in [1.29, 1.82) is 0 Å². The van der Waals surface area contributed by atoms with E-state index in [4.69, 9.17) is 9.47 Å². The molecule has 0 bridgehead atoms. The smallest absolute Gasteiger partial charge is 0.410 e. The molecule has 2 atom stereocenters. The van der Waals surface area contributed by atoms with Crippen molar-refractivity contribution in [3.8, 4) is 0 Å². The number of aliphatic hydroxyl groups excluding tert-OH is 1. The Balaban J connectivity index is 1.94. The Hall–Kier alpha value is -1.07. The van der Waals surface area contributed by atoms with Crippen molar-refractivity contribution < 1.29 is 19.4 Å². The number of rotatable bonds is 18. The zero-order chi connectivity index (χ0) is 24.4. The van der Waals surface area contributed by atoms with Gasteiger partial charge in [0.05, 0.1) is 25.3 Å². The molecule has 1 aliphatic rings. The lowest BCUT2D eigenvalue weighted by Crippen LogP contribution is -2.42. The van der Waals surface area contributed by atoms with Gasteiger partial charge in [-0.1, -0.05) is 76.9 Å². The molecule has 0 aromatic carbocycles. The van der Waals surface area contributed by atoms with E-state index in [1.165, 1.54) is 83.5 Å². The molecule has 1 aliphatic heterocycles. The lowest BCUT2D eigenvalue weighted by atomic mass is 10.1. The van der Waals surface area contributed by atoms with E-state index in [1.54, 1.807) is 4.90 Å². The number of β-amino-alcohol motifs (C(OH)–C–C–N with tert-alkyl or cyclic N) is 1. The van der Waals surface area contributed by atoms with Crippen LogP contribution in [0.4, 0.5) is 4.79 Å². The Morgan fingerprint density at radius 3 is 2.03 bits per heavy atom. The third-order valence-corrected chi connectivity index (χ3v) is 6.13. The summed E-state index contributed by atoms with van der Waals surface area (Å²) in [4.78, 5) is 14.0. The molecule has 1 amide bonds. The monoisotopic (exact) mass is 467 g/mol. The second-order valence-corrected chi connectivity index (χ2v) is 10.7.